The number of amides is 1. The highest BCUT2D eigenvalue weighted by molar-refractivity contribution is 8.00. The number of rotatable bonds is 0. The first-order chi connectivity index (χ1) is 8.27. The molecule has 1 aliphatic carbocycles. The molecule has 0 fully saturated rings. The first-order valence-corrected chi connectivity index (χ1v) is 6.56. The van der Waals surface area contributed by atoms with E-state index in [1.165, 1.54) is 0 Å². The van der Waals surface area contributed by atoms with Crippen LogP contribution in [0.25, 0.3) is 0 Å². The lowest BCUT2D eigenvalue weighted by atomic mass is 10.1. The van der Waals surface area contributed by atoms with Gasteiger partial charge < -0.3 is 4.90 Å². The molecule has 1 aromatic carbocycles. The van der Waals surface area contributed by atoms with Crippen molar-refractivity contribution in [2.24, 2.45) is 0 Å². The van der Waals surface area contributed by atoms with Gasteiger partial charge in [-0.1, -0.05) is 24.3 Å². The normalized spacial score (nSPS) is 22.6. The highest BCUT2D eigenvalue weighted by Gasteiger charge is 2.30. The van der Waals surface area contributed by atoms with Gasteiger partial charge >= 0.3 is 0 Å². The maximum atomic E-state index is 12.3. The topological polar surface area (TPSA) is 20.3 Å². The van der Waals surface area contributed by atoms with E-state index in [1.54, 1.807) is 16.7 Å². The number of thioether (sulfide) groups is 1. The minimum atomic E-state index is 0.0946. The van der Waals surface area contributed by atoms with E-state index in [9.17, 15) is 4.79 Å². The van der Waals surface area contributed by atoms with Crippen LogP contribution in [0.3, 0.4) is 0 Å². The first-order valence-electron chi connectivity index (χ1n) is 5.68. The second-order valence-electron chi connectivity index (χ2n) is 4.22. The molecule has 1 unspecified atom stereocenters. The molecule has 1 heterocycles. The molecule has 0 saturated carbocycles. The van der Waals surface area contributed by atoms with Gasteiger partial charge in [0.15, 0.2) is 0 Å². The minimum Gasteiger partial charge on any atom is -0.314 e. The summed E-state index contributed by atoms with van der Waals surface area (Å²) in [5, 5.41) is 0.359. The average molecular weight is 243 g/mol. The number of fused-ring (bicyclic) bond motifs is 2. The zero-order chi connectivity index (χ0) is 11.8. The van der Waals surface area contributed by atoms with E-state index < -0.39 is 0 Å². The van der Waals surface area contributed by atoms with Gasteiger partial charge in [0.25, 0.3) is 5.91 Å². The Hall–Kier alpha value is -1.48. The Bertz CT molecular complexity index is 533. The lowest BCUT2D eigenvalue weighted by molar-refractivity contribution is 0.0831. The lowest BCUT2D eigenvalue weighted by Crippen LogP contribution is -2.29. The van der Waals surface area contributed by atoms with Crippen molar-refractivity contribution < 1.29 is 4.79 Å². The summed E-state index contributed by atoms with van der Waals surface area (Å²) in [4.78, 5) is 15.2. The van der Waals surface area contributed by atoms with Crippen molar-refractivity contribution in [1.82, 2.24) is 4.90 Å². The zero-order valence-electron chi connectivity index (χ0n) is 9.59. The second kappa shape index (κ2) is 4.08. The molecule has 0 spiro atoms. The van der Waals surface area contributed by atoms with E-state index in [0.29, 0.717) is 5.25 Å². The van der Waals surface area contributed by atoms with Gasteiger partial charge in [0.05, 0.1) is 10.8 Å². The highest BCUT2D eigenvalue weighted by atomic mass is 32.2. The first kappa shape index (κ1) is 10.7. The zero-order valence-corrected chi connectivity index (χ0v) is 10.4. The molecule has 1 aliphatic heterocycles. The summed E-state index contributed by atoms with van der Waals surface area (Å²) in [6.45, 7) is 0. The standard InChI is InChI=1S/C14H13NOS/c1-15-11-7-3-5-9-13(11)17-12-8-4-2-6-10(12)14(15)16/h2-8,13H,9H2,1H3. The van der Waals surface area contributed by atoms with Crippen LogP contribution in [0, 0.1) is 0 Å². The van der Waals surface area contributed by atoms with Crippen LogP contribution >= 0.6 is 11.8 Å². The van der Waals surface area contributed by atoms with Gasteiger partial charge in [0, 0.05) is 17.6 Å². The largest absolute Gasteiger partial charge is 0.314 e. The fourth-order valence-electron chi connectivity index (χ4n) is 2.23. The molecule has 0 radical (unpaired) electrons. The van der Waals surface area contributed by atoms with Crippen molar-refractivity contribution in [3.63, 3.8) is 0 Å². The van der Waals surface area contributed by atoms with Crippen LogP contribution in [0.1, 0.15) is 16.8 Å². The van der Waals surface area contributed by atoms with Crippen molar-refractivity contribution >= 4 is 17.7 Å². The smallest absolute Gasteiger partial charge is 0.258 e. The van der Waals surface area contributed by atoms with E-state index in [2.05, 4.69) is 6.08 Å². The Morgan fingerprint density at radius 1 is 1.35 bits per heavy atom. The minimum absolute atomic E-state index is 0.0946. The summed E-state index contributed by atoms with van der Waals surface area (Å²) in [5.74, 6) is 0.0946. The number of carbonyl (C=O) groups excluding carboxylic acids is 1. The van der Waals surface area contributed by atoms with Crippen molar-refractivity contribution in [3.8, 4) is 0 Å². The molecule has 1 aromatic rings. The van der Waals surface area contributed by atoms with Gasteiger partial charge in [0.1, 0.15) is 0 Å². The third kappa shape index (κ3) is 1.71. The fraction of sp³-hybridized carbons (Fsp3) is 0.214. The number of benzene rings is 1. The van der Waals surface area contributed by atoms with E-state index in [0.717, 1.165) is 22.6 Å². The maximum Gasteiger partial charge on any atom is 0.258 e. The number of hydrogen-bond acceptors (Lipinski definition) is 2. The summed E-state index contributed by atoms with van der Waals surface area (Å²) >= 11 is 1.79. The molecular weight excluding hydrogens is 230 g/mol. The van der Waals surface area contributed by atoms with Crippen molar-refractivity contribution in [1.29, 1.82) is 0 Å². The van der Waals surface area contributed by atoms with E-state index in [1.807, 2.05) is 43.5 Å². The van der Waals surface area contributed by atoms with Crippen molar-refractivity contribution in [2.45, 2.75) is 16.6 Å². The predicted molar refractivity (Wildman–Crippen MR) is 70.0 cm³/mol. The van der Waals surface area contributed by atoms with E-state index in [4.69, 9.17) is 0 Å². The fourth-order valence-corrected chi connectivity index (χ4v) is 3.54. The Labute approximate surface area is 105 Å². The van der Waals surface area contributed by atoms with Crippen LogP contribution in [-0.4, -0.2) is 23.1 Å². The molecule has 0 saturated heterocycles. The highest BCUT2D eigenvalue weighted by Crippen LogP contribution is 2.39. The molecule has 3 rings (SSSR count). The van der Waals surface area contributed by atoms with Crippen LogP contribution in [0.5, 0.6) is 0 Å². The summed E-state index contributed by atoms with van der Waals surface area (Å²) in [6, 6.07) is 7.86. The molecule has 1 amide bonds. The van der Waals surface area contributed by atoms with Crippen LogP contribution in [0.2, 0.25) is 0 Å². The number of nitrogens with zero attached hydrogens (tertiary/aromatic N) is 1. The number of hydrogen-bond donors (Lipinski definition) is 0. The van der Waals surface area contributed by atoms with Gasteiger partial charge in [-0.2, -0.15) is 0 Å². The van der Waals surface area contributed by atoms with Crippen molar-refractivity contribution in [3.05, 3.63) is 53.8 Å². The van der Waals surface area contributed by atoms with E-state index in [-0.39, 0.29) is 5.91 Å². The maximum absolute atomic E-state index is 12.3. The summed E-state index contributed by atoms with van der Waals surface area (Å²) in [6.07, 6.45) is 7.23. The SMILES string of the molecule is CN1C(=O)c2ccccc2SC2CC=CC=C21. The molecule has 2 aliphatic rings. The Kier molecular flexibility index (Phi) is 2.56. The number of allylic oxidation sites excluding steroid dienone is 3. The molecule has 86 valence electrons. The van der Waals surface area contributed by atoms with Crippen LogP contribution in [-0.2, 0) is 0 Å². The molecule has 2 nitrogen and oxygen atoms in total. The van der Waals surface area contributed by atoms with Gasteiger partial charge in [-0.15, -0.1) is 11.8 Å². The monoisotopic (exact) mass is 243 g/mol. The molecule has 0 aromatic heterocycles. The average Bonchev–Trinajstić information content (AvgIpc) is 2.48. The van der Waals surface area contributed by atoms with Gasteiger partial charge in [-0.25, -0.2) is 0 Å². The molecule has 1 atom stereocenters. The van der Waals surface area contributed by atoms with Crippen molar-refractivity contribution in [2.75, 3.05) is 7.05 Å². The Balaban J connectivity index is 2.12. The van der Waals surface area contributed by atoms with Crippen LogP contribution in [0.4, 0.5) is 0 Å². The van der Waals surface area contributed by atoms with Crippen LogP contribution < -0.4 is 0 Å². The Morgan fingerprint density at radius 2 is 2.18 bits per heavy atom. The van der Waals surface area contributed by atoms with Gasteiger partial charge in [-0.05, 0) is 24.6 Å². The lowest BCUT2D eigenvalue weighted by Gasteiger charge is -2.25. The Morgan fingerprint density at radius 3 is 3.06 bits per heavy atom. The number of carbonyl (C=O) groups is 1. The quantitative estimate of drug-likeness (QED) is 0.698. The molecule has 17 heavy (non-hydrogen) atoms. The molecular formula is C14H13NOS. The third-order valence-corrected chi connectivity index (χ3v) is 4.49. The molecule has 0 N–H and O–H groups in total. The summed E-state index contributed by atoms with van der Waals surface area (Å²) < 4.78 is 0. The molecule has 0 bridgehead atoms. The second-order valence-corrected chi connectivity index (χ2v) is 5.47. The van der Waals surface area contributed by atoms with Gasteiger partial charge in [0.2, 0.25) is 0 Å². The third-order valence-electron chi connectivity index (χ3n) is 3.16. The predicted octanol–water partition coefficient (Wildman–Crippen LogP) is 3.08. The summed E-state index contributed by atoms with van der Waals surface area (Å²) in [5.41, 5.74) is 1.93. The summed E-state index contributed by atoms with van der Waals surface area (Å²) in [7, 11) is 1.86. The van der Waals surface area contributed by atoms with Gasteiger partial charge in [-0.3, -0.25) is 4.79 Å². The van der Waals surface area contributed by atoms with Crippen LogP contribution in [0.15, 0.2) is 53.1 Å². The van der Waals surface area contributed by atoms with E-state index >= 15 is 0 Å². The molecule has 3 heteroatoms.